The van der Waals surface area contributed by atoms with E-state index < -0.39 is 0 Å². The van der Waals surface area contributed by atoms with Crippen molar-refractivity contribution >= 4 is 0 Å². The zero-order valence-corrected chi connectivity index (χ0v) is 10.3. The molecule has 1 heterocycles. The van der Waals surface area contributed by atoms with Crippen LogP contribution in [0.1, 0.15) is 13.3 Å². The van der Waals surface area contributed by atoms with Crippen LogP contribution in [0.25, 0.3) is 0 Å². The average molecular weight is 214 g/mol. The van der Waals surface area contributed by atoms with Crippen LogP contribution in [0.3, 0.4) is 0 Å². The minimum Gasteiger partial charge on any atom is -0.330 e. The van der Waals surface area contributed by atoms with Gasteiger partial charge in [-0.3, -0.25) is 4.90 Å². The lowest BCUT2D eigenvalue weighted by Gasteiger charge is -2.23. The maximum atomic E-state index is 6.12. The smallest absolute Gasteiger partial charge is 0.0247 e. The van der Waals surface area contributed by atoms with Crippen molar-refractivity contribution in [2.45, 2.75) is 25.4 Å². The van der Waals surface area contributed by atoms with E-state index in [0.717, 1.165) is 26.2 Å². The molecule has 1 aliphatic rings. The van der Waals surface area contributed by atoms with Crippen molar-refractivity contribution in [2.75, 3.05) is 40.3 Å². The first-order chi connectivity index (χ1) is 7.06. The summed E-state index contributed by atoms with van der Waals surface area (Å²) in [5.41, 5.74) is 11.8. The molecule has 4 N–H and O–H groups in total. The van der Waals surface area contributed by atoms with Gasteiger partial charge in [0.15, 0.2) is 0 Å². The van der Waals surface area contributed by atoms with Crippen molar-refractivity contribution in [3.8, 4) is 0 Å². The summed E-state index contributed by atoms with van der Waals surface area (Å²) in [7, 11) is 4.23. The number of hydrogen-bond donors (Lipinski definition) is 2. The van der Waals surface area contributed by atoms with Crippen LogP contribution in [-0.4, -0.2) is 62.2 Å². The van der Waals surface area contributed by atoms with Crippen molar-refractivity contribution in [3.05, 3.63) is 0 Å². The van der Waals surface area contributed by atoms with Gasteiger partial charge in [-0.1, -0.05) is 0 Å². The molecule has 3 unspecified atom stereocenters. The van der Waals surface area contributed by atoms with E-state index in [1.54, 1.807) is 0 Å². The van der Waals surface area contributed by atoms with Crippen LogP contribution in [0.2, 0.25) is 0 Å². The zero-order chi connectivity index (χ0) is 11.4. The van der Waals surface area contributed by atoms with Crippen LogP contribution < -0.4 is 11.5 Å². The summed E-state index contributed by atoms with van der Waals surface area (Å²) < 4.78 is 0. The molecule has 1 aliphatic heterocycles. The van der Waals surface area contributed by atoms with Crippen molar-refractivity contribution in [1.82, 2.24) is 9.80 Å². The lowest BCUT2D eigenvalue weighted by Crippen LogP contribution is -2.40. The van der Waals surface area contributed by atoms with Gasteiger partial charge in [-0.25, -0.2) is 0 Å². The van der Waals surface area contributed by atoms with E-state index in [9.17, 15) is 0 Å². The highest BCUT2D eigenvalue weighted by atomic mass is 15.2. The molecule has 0 amide bonds. The SMILES string of the molecule is CC1C(N)C(CN)CN1CCCN(C)C. The average Bonchev–Trinajstić information content (AvgIpc) is 2.45. The Hall–Kier alpha value is -0.160. The van der Waals surface area contributed by atoms with Gasteiger partial charge in [0.1, 0.15) is 0 Å². The molecule has 4 nitrogen and oxygen atoms in total. The van der Waals surface area contributed by atoms with Crippen molar-refractivity contribution in [2.24, 2.45) is 17.4 Å². The van der Waals surface area contributed by atoms with E-state index in [1.807, 2.05) is 0 Å². The highest BCUT2D eigenvalue weighted by Gasteiger charge is 2.35. The minimum absolute atomic E-state index is 0.259. The fourth-order valence-corrected chi connectivity index (χ4v) is 2.34. The molecule has 4 heteroatoms. The van der Waals surface area contributed by atoms with Crippen molar-refractivity contribution in [1.29, 1.82) is 0 Å². The highest BCUT2D eigenvalue weighted by Crippen LogP contribution is 2.21. The molecule has 0 spiro atoms. The Morgan fingerprint density at radius 2 is 2.07 bits per heavy atom. The highest BCUT2D eigenvalue weighted by molar-refractivity contribution is 4.93. The van der Waals surface area contributed by atoms with Crippen LogP contribution in [0, 0.1) is 5.92 Å². The third-order valence-corrected chi connectivity index (χ3v) is 3.50. The largest absolute Gasteiger partial charge is 0.330 e. The second-order valence-electron chi connectivity index (χ2n) is 4.97. The molecule has 15 heavy (non-hydrogen) atoms. The van der Waals surface area contributed by atoms with Crippen LogP contribution in [0.4, 0.5) is 0 Å². The Kier molecular flexibility index (Phi) is 4.99. The standard InChI is InChI=1S/C11H26N4/c1-9-11(13)10(7-12)8-15(9)6-4-5-14(2)3/h9-11H,4-8,12-13H2,1-3H3. The number of likely N-dealkylation sites (tertiary alicyclic amines) is 1. The minimum atomic E-state index is 0.259. The Morgan fingerprint density at radius 3 is 2.53 bits per heavy atom. The van der Waals surface area contributed by atoms with Crippen molar-refractivity contribution < 1.29 is 0 Å². The lowest BCUT2D eigenvalue weighted by atomic mass is 10.0. The van der Waals surface area contributed by atoms with Crippen LogP contribution in [0.15, 0.2) is 0 Å². The van der Waals surface area contributed by atoms with E-state index in [2.05, 4.69) is 30.8 Å². The molecule has 0 aromatic rings. The first-order valence-electron chi connectivity index (χ1n) is 5.90. The Labute approximate surface area is 93.6 Å². The Balaban J connectivity index is 2.31. The number of hydrogen-bond acceptors (Lipinski definition) is 4. The van der Waals surface area contributed by atoms with Gasteiger partial charge >= 0.3 is 0 Å². The topological polar surface area (TPSA) is 58.5 Å². The molecule has 0 aliphatic carbocycles. The van der Waals surface area contributed by atoms with Crippen LogP contribution in [-0.2, 0) is 0 Å². The van der Waals surface area contributed by atoms with E-state index >= 15 is 0 Å². The summed E-state index contributed by atoms with van der Waals surface area (Å²) in [5.74, 6) is 0.486. The molecule has 0 radical (unpaired) electrons. The molecule has 1 rings (SSSR count). The number of nitrogens with two attached hydrogens (primary N) is 2. The van der Waals surface area contributed by atoms with Gasteiger partial charge in [-0.2, -0.15) is 0 Å². The Morgan fingerprint density at radius 1 is 1.40 bits per heavy atom. The summed E-state index contributed by atoms with van der Waals surface area (Å²) in [6.45, 7) is 6.30. The summed E-state index contributed by atoms with van der Waals surface area (Å²) >= 11 is 0. The fourth-order valence-electron chi connectivity index (χ4n) is 2.34. The van der Waals surface area contributed by atoms with E-state index in [1.165, 1.54) is 6.42 Å². The molecule has 0 aromatic carbocycles. The number of nitrogens with zero attached hydrogens (tertiary/aromatic N) is 2. The molecule has 1 saturated heterocycles. The molecular formula is C11H26N4. The third kappa shape index (κ3) is 3.41. The molecule has 90 valence electrons. The van der Waals surface area contributed by atoms with Gasteiger partial charge in [-0.15, -0.1) is 0 Å². The summed E-state index contributed by atoms with van der Waals surface area (Å²) in [4.78, 5) is 4.70. The summed E-state index contributed by atoms with van der Waals surface area (Å²) in [5, 5.41) is 0. The van der Waals surface area contributed by atoms with Gasteiger partial charge in [0.2, 0.25) is 0 Å². The molecule has 0 saturated carbocycles. The van der Waals surface area contributed by atoms with Crippen molar-refractivity contribution in [3.63, 3.8) is 0 Å². The molecule has 0 bridgehead atoms. The van der Waals surface area contributed by atoms with Crippen LogP contribution >= 0.6 is 0 Å². The predicted octanol–water partition coefficient (Wildman–Crippen LogP) is -0.456. The quantitative estimate of drug-likeness (QED) is 0.650. The summed E-state index contributed by atoms with van der Waals surface area (Å²) in [6.07, 6.45) is 1.21. The third-order valence-electron chi connectivity index (χ3n) is 3.50. The maximum absolute atomic E-state index is 6.12. The van der Waals surface area contributed by atoms with Gasteiger partial charge in [0, 0.05) is 24.5 Å². The Bertz CT molecular complexity index is 183. The molecule has 0 aromatic heterocycles. The normalized spacial score (nSPS) is 32.8. The van der Waals surface area contributed by atoms with Crippen LogP contribution in [0.5, 0.6) is 0 Å². The zero-order valence-electron chi connectivity index (χ0n) is 10.3. The monoisotopic (exact) mass is 214 g/mol. The van der Waals surface area contributed by atoms with Gasteiger partial charge in [0.25, 0.3) is 0 Å². The molecule has 1 fully saturated rings. The first kappa shape index (κ1) is 12.9. The van der Waals surface area contributed by atoms with Gasteiger partial charge in [0.05, 0.1) is 0 Å². The summed E-state index contributed by atoms with van der Waals surface area (Å²) in [6, 6.07) is 0.745. The fraction of sp³-hybridized carbons (Fsp3) is 1.00. The second-order valence-corrected chi connectivity index (χ2v) is 4.97. The molecular weight excluding hydrogens is 188 g/mol. The second kappa shape index (κ2) is 5.80. The van der Waals surface area contributed by atoms with E-state index in [-0.39, 0.29) is 6.04 Å². The lowest BCUT2D eigenvalue weighted by molar-refractivity contribution is 0.242. The van der Waals surface area contributed by atoms with Gasteiger partial charge < -0.3 is 16.4 Å². The van der Waals surface area contributed by atoms with Gasteiger partial charge in [-0.05, 0) is 47.1 Å². The maximum Gasteiger partial charge on any atom is 0.0247 e. The van der Waals surface area contributed by atoms with E-state index in [0.29, 0.717) is 12.0 Å². The number of rotatable bonds is 5. The molecule has 3 atom stereocenters. The van der Waals surface area contributed by atoms with E-state index in [4.69, 9.17) is 11.5 Å². The predicted molar refractivity (Wildman–Crippen MR) is 64.7 cm³/mol. The first-order valence-corrected chi connectivity index (χ1v) is 5.90.